The standard InChI is InChI=1S/C15H19N3O3S/c1-13-11-14(16-21-13)12-17-7-9-18(10-8-17)22(19,20)15-5-3-2-4-6-15/h2-6,11H,7-10,12H2,1H3. The van der Waals surface area contributed by atoms with Crippen LogP contribution >= 0.6 is 0 Å². The second kappa shape index (κ2) is 6.20. The van der Waals surface area contributed by atoms with E-state index >= 15 is 0 Å². The molecule has 22 heavy (non-hydrogen) atoms. The van der Waals surface area contributed by atoms with Gasteiger partial charge in [0.05, 0.1) is 10.6 Å². The zero-order chi connectivity index (χ0) is 15.6. The minimum absolute atomic E-state index is 0.357. The normalized spacial score (nSPS) is 17.7. The Balaban J connectivity index is 1.62. The first kappa shape index (κ1) is 15.2. The van der Waals surface area contributed by atoms with Gasteiger partial charge in [-0.2, -0.15) is 4.31 Å². The van der Waals surface area contributed by atoms with Crippen LogP contribution in [-0.2, 0) is 16.6 Å². The number of piperazine rings is 1. The summed E-state index contributed by atoms with van der Waals surface area (Å²) >= 11 is 0. The van der Waals surface area contributed by atoms with Gasteiger partial charge in [-0.3, -0.25) is 4.90 Å². The minimum Gasteiger partial charge on any atom is -0.361 e. The quantitative estimate of drug-likeness (QED) is 0.853. The highest BCUT2D eigenvalue weighted by atomic mass is 32.2. The van der Waals surface area contributed by atoms with Gasteiger partial charge in [-0.05, 0) is 19.1 Å². The maximum absolute atomic E-state index is 12.5. The van der Waals surface area contributed by atoms with E-state index in [0.717, 1.165) is 11.5 Å². The van der Waals surface area contributed by atoms with Gasteiger partial charge in [-0.1, -0.05) is 23.4 Å². The van der Waals surface area contributed by atoms with Gasteiger partial charge in [0.25, 0.3) is 0 Å². The van der Waals surface area contributed by atoms with Gasteiger partial charge in [0, 0.05) is 38.8 Å². The van der Waals surface area contributed by atoms with Crippen LogP contribution in [0.1, 0.15) is 11.5 Å². The molecule has 0 atom stereocenters. The zero-order valence-electron chi connectivity index (χ0n) is 12.5. The summed E-state index contributed by atoms with van der Waals surface area (Å²) < 4.78 is 31.7. The third kappa shape index (κ3) is 3.21. The molecule has 3 rings (SSSR count). The van der Waals surface area contributed by atoms with Crippen LogP contribution < -0.4 is 0 Å². The SMILES string of the molecule is Cc1cc(CN2CCN(S(=O)(=O)c3ccccc3)CC2)no1. The van der Waals surface area contributed by atoms with Gasteiger partial charge in [-0.15, -0.1) is 0 Å². The monoisotopic (exact) mass is 321 g/mol. The van der Waals surface area contributed by atoms with Crippen LogP contribution in [0.3, 0.4) is 0 Å². The maximum atomic E-state index is 12.5. The third-order valence-corrected chi connectivity index (χ3v) is 5.69. The molecule has 1 aliphatic rings. The van der Waals surface area contributed by atoms with Gasteiger partial charge < -0.3 is 4.52 Å². The molecule has 0 N–H and O–H groups in total. The van der Waals surface area contributed by atoms with Gasteiger partial charge in [-0.25, -0.2) is 8.42 Å². The number of hydrogen-bond donors (Lipinski definition) is 0. The van der Waals surface area contributed by atoms with Crippen molar-refractivity contribution in [1.29, 1.82) is 0 Å². The molecule has 1 aromatic carbocycles. The molecule has 0 bridgehead atoms. The van der Waals surface area contributed by atoms with Crippen LogP contribution in [0.4, 0.5) is 0 Å². The molecule has 1 saturated heterocycles. The van der Waals surface area contributed by atoms with E-state index < -0.39 is 10.0 Å². The first-order chi connectivity index (χ1) is 10.6. The van der Waals surface area contributed by atoms with Crippen molar-refractivity contribution < 1.29 is 12.9 Å². The Hall–Kier alpha value is -1.70. The maximum Gasteiger partial charge on any atom is 0.243 e. The molecular weight excluding hydrogens is 302 g/mol. The number of hydrogen-bond acceptors (Lipinski definition) is 5. The van der Waals surface area contributed by atoms with Gasteiger partial charge in [0.2, 0.25) is 10.0 Å². The summed E-state index contributed by atoms with van der Waals surface area (Å²) in [6.45, 7) is 4.93. The van der Waals surface area contributed by atoms with E-state index in [4.69, 9.17) is 4.52 Å². The fourth-order valence-electron chi connectivity index (χ4n) is 2.59. The molecule has 6 nitrogen and oxygen atoms in total. The summed E-state index contributed by atoms with van der Waals surface area (Å²) in [5.74, 6) is 0.792. The molecule has 0 radical (unpaired) electrons. The van der Waals surface area contributed by atoms with Gasteiger partial charge in [0.1, 0.15) is 5.76 Å². The van der Waals surface area contributed by atoms with Crippen LogP contribution in [0.2, 0.25) is 0 Å². The molecule has 2 aromatic rings. The summed E-state index contributed by atoms with van der Waals surface area (Å²) in [5, 5.41) is 3.98. The summed E-state index contributed by atoms with van der Waals surface area (Å²) in [4.78, 5) is 2.55. The Kier molecular flexibility index (Phi) is 4.28. The van der Waals surface area contributed by atoms with Crippen molar-refractivity contribution in [1.82, 2.24) is 14.4 Å². The van der Waals surface area contributed by atoms with Crippen LogP contribution in [0.15, 0.2) is 45.8 Å². The number of aromatic nitrogens is 1. The highest BCUT2D eigenvalue weighted by Crippen LogP contribution is 2.18. The minimum atomic E-state index is -3.38. The van der Waals surface area contributed by atoms with Crippen LogP contribution in [0, 0.1) is 6.92 Å². The highest BCUT2D eigenvalue weighted by Gasteiger charge is 2.28. The lowest BCUT2D eigenvalue weighted by atomic mass is 10.3. The second-order valence-corrected chi connectivity index (χ2v) is 7.36. The lowest BCUT2D eigenvalue weighted by Crippen LogP contribution is -2.48. The van der Waals surface area contributed by atoms with Gasteiger partial charge >= 0.3 is 0 Å². The van der Waals surface area contributed by atoms with Crippen molar-refractivity contribution in [3.63, 3.8) is 0 Å². The molecule has 118 valence electrons. The molecule has 1 aliphatic heterocycles. The number of sulfonamides is 1. The smallest absolute Gasteiger partial charge is 0.243 e. The van der Waals surface area contributed by atoms with E-state index in [1.54, 1.807) is 28.6 Å². The average molecular weight is 321 g/mol. The molecular formula is C15H19N3O3S. The van der Waals surface area contributed by atoms with Crippen molar-refractivity contribution in [3.8, 4) is 0 Å². The Morgan fingerprint density at radius 2 is 1.82 bits per heavy atom. The largest absolute Gasteiger partial charge is 0.361 e. The van der Waals surface area contributed by atoms with E-state index in [2.05, 4.69) is 10.1 Å². The molecule has 1 aromatic heterocycles. The lowest BCUT2D eigenvalue weighted by molar-refractivity contribution is 0.177. The third-order valence-electron chi connectivity index (χ3n) is 3.77. The van der Waals surface area contributed by atoms with E-state index in [0.29, 0.717) is 37.6 Å². The number of rotatable bonds is 4. The first-order valence-electron chi connectivity index (χ1n) is 7.25. The van der Waals surface area contributed by atoms with Crippen molar-refractivity contribution in [3.05, 3.63) is 47.9 Å². The summed E-state index contributed by atoms with van der Waals surface area (Å²) in [7, 11) is -3.38. The predicted octanol–water partition coefficient (Wildman–Crippen LogP) is 1.49. The highest BCUT2D eigenvalue weighted by molar-refractivity contribution is 7.89. The van der Waals surface area contributed by atoms with Crippen LogP contribution in [-0.4, -0.2) is 49.0 Å². The Labute approximate surface area is 130 Å². The topological polar surface area (TPSA) is 66.7 Å². The molecule has 7 heteroatoms. The van der Waals surface area contributed by atoms with Crippen molar-refractivity contribution in [2.45, 2.75) is 18.4 Å². The Bertz CT molecular complexity index is 720. The number of nitrogens with zero attached hydrogens (tertiary/aromatic N) is 3. The summed E-state index contributed by atoms with van der Waals surface area (Å²) in [6, 6.07) is 10.5. The fraction of sp³-hybridized carbons (Fsp3) is 0.400. The van der Waals surface area contributed by atoms with Crippen LogP contribution in [0.5, 0.6) is 0 Å². The Morgan fingerprint density at radius 1 is 1.14 bits per heavy atom. The van der Waals surface area contributed by atoms with Crippen molar-refractivity contribution >= 4 is 10.0 Å². The van der Waals surface area contributed by atoms with Gasteiger partial charge in [0.15, 0.2) is 0 Å². The van der Waals surface area contributed by atoms with E-state index in [9.17, 15) is 8.42 Å². The Morgan fingerprint density at radius 3 is 2.41 bits per heavy atom. The van der Waals surface area contributed by atoms with E-state index in [1.165, 1.54) is 0 Å². The number of benzene rings is 1. The molecule has 1 fully saturated rings. The van der Waals surface area contributed by atoms with Crippen LogP contribution in [0.25, 0.3) is 0 Å². The zero-order valence-corrected chi connectivity index (χ0v) is 13.3. The second-order valence-electron chi connectivity index (χ2n) is 5.42. The molecule has 0 unspecified atom stereocenters. The summed E-state index contributed by atoms with van der Waals surface area (Å²) in [5.41, 5.74) is 0.886. The van der Waals surface area contributed by atoms with Crippen molar-refractivity contribution in [2.24, 2.45) is 0 Å². The molecule has 2 heterocycles. The predicted molar refractivity (Wildman–Crippen MR) is 81.7 cm³/mol. The van der Waals surface area contributed by atoms with Crippen molar-refractivity contribution in [2.75, 3.05) is 26.2 Å². The molecule has 0 aliphatic carbocycles. The fourth-order valence-corrected chi connectivity index (χ4v) is 4.03. The molecule has 0 saturated carbocycles. The molecule has 0 amide bonds. The van der Waals surface area contributed by atoms with E-state index in [-0.39, 0.29) is 0 Å². The summed E-state index contributed by atoms with van der Waals surface area (Å²) in [6.07, 6.45) is 0. The van der Waals surface area contributed by atoms with E-state index in [1.807, 2.05) is 19.1 Å². The lowest BCUT2D eigenvalue weighted by Gasteiger charge is -2.33. The molecule has 0 spiro atoms. The first-order valence-corrected chi connectivity index (χ1v) is 8.69. The number of aryl methyl sites for hydroxylation is 1. The average Bonchev–Trinajstić information content (AvgIpc) is 2.94.